The minimum Gasteiger partial charge on any atom is -0.459 e. The van der Waals surface area contributed by atoms with Crippen LogP contribution in [0.5, 0.6) is 0 Å². The quantitative estimate of drug-likeness (QED) is 0.213. The summed E-state index contributed by atoms with van der Waals surface area (Å²) in [6, 6.07) is 18.6. The van der Waals surface area contributed by atoms with Gasteiger partial charge in [0.15, 0.2) is 0 Å². The fourth-order valence-corrected chi connectivity index (χ4v) is 12.8. The van der Waals surface area contributed by atoms with Crippen molar-refractivity contribution in [2.45, 2.75) is 125 Å². The number of carbonyl (C=O) groups excluding carboxylic acids is 1. The number of aliphatic hydroxyl groups excluding tert-OH is 1. The smallest absolute Gasteiger partial charge is 0.313 e. The van der Waals surface area contributed by atoms with E-state index in [0.717, 1.165) is 62.6 Å². The molecule has 8 rings (SSSR count). The fourth-order valence-electron chi connectivity index (χ4n) is 12.8. The fraction of sp³-hybridized carbons (Fsp3) is 0.622. The summed E-state index contributed by atoms with van der Waals surface area (Å²) in [6.07, 6.45) is 14.6. The largest absolute Gasteiger partial charge is 0.459 e. The van der Waals surface area contributed by atoms with Gasteiger partial charge in [-0.1, -0.05) is 108 Å². The zero-order chi connectivity index (χ0) is 36.0. The first-order valence-electron chi connectivity index (χ1n) is 19.8. The summed E-state index contributed by atoms with van der Waals surface area (Å²) in [5, 5.41) is 19.9. The summed E-state index contributed by atoms with van der Waals surface area (Å²) in [4.78, 5) is 14.5. The van der Waals surface area contributed by atoms with Gasteiger partial charge < -0.3 is 9.84 Å². The zero-order valence-corrected chi connectivity index (χ0v) is 32.0. The van der Waals surface area contributed by atoms with Crippen molar-refractivity contribution in [3.63, 3.8) is 0 Å². The summed E-state index contributed by atoms with van der Waals surface area (Å²) >= 11 is 0. The molecule has 0 amide bonds. The maximum absolute atomic E-state index is 14.5. The standard InChI is InChI=1S/C45H59N3O3/c1-40(2)23-25-45(39(50)51-29-32-28-48(47-46-32)33-15-13-31(14-16-33)30-11-9-8-10-12-30)26-24-43(6)34(35(45)27-40)17-18-37-42(5)21-20-38(49)41(3,4)36(42)19-22-44(37,43)7/h8-17,28,35-38,49H,18-27,29H2,1-7H3/t35-,36-,37+,38-,42-,43+,44+,45-/m0/s1. The van der Waals surface area contributed by atoms with Crippen LogP contribution in [0.4, 0.5) is 0 Å². The van der Waals surface area contributed by atoms with E-state index < -0.39 is 5.41 Å². The van der Waals surface area contributed by atoms with E-state index in [0.29, 0.717) is 17.5 Å². The predicted molar refractivity (Wildman–Crippen MR) is 202 cm³/mol. The first-order chi connectivity index (χ1) is 24.1. The Hall–Kier alpha value is -3.25. The number of aromatic nitrogens is 3. The minimum absolute atomic E-state index is 0.0429. The number of fused-ring (bicyclic) bond motifs is 7. The molecule has 3 aromatic rings. The average molecular weight is 690 g/mol. The van der Waals surface area contributed by atoms with E-state index in [-0.39, 0.29) is 51.7 Å². The van der Waals surface area contributed by atoms with Gasteiger partial charge in [-0.2, -0.15) is 0 Å². The van der Waals surface area contributed by atoms with Crippen LogP contribution in [-0.4, -0.2) is 32.2 Å². The van der Waals surface area contributed by atoms with Crippen molar-refractivity contribution < 1.29 is 14.6 Å². The molecule has 0 spiro atoms. The molecule has 1 heterocycles. The summed E-state index contributed by atoms with van der Waals surface area (Å²) < 4.78 is 8.05. The van der Waals surface area contributed by atoms with E-state index in [2.05, 4.69) is 89.1 Å². The van der Waals surface area contributed by atoms with E-state index in [4.69, 9.17) is 4.74 Å². The van der Waals surface area contributed by atoms with Crippen molar-refractivity contribution in [1.29, 1.82) is 0 Å². The Morgan fingerprint density at radius 1 is 0.843 bits per heavy atom. The van der Waals surface area contributed by atoms with Gasteiger partial charge in [0.05, 0.1) is 23.4 Å². The highest BCUT2D eigenvalue weighted by atomic mass is 16.5. The molecule has 4 fully saturated rings. The molecule has 51 heavy (non-hydrogen) atoms. The van der Waals surface area contributed by atoms with Crippen LogP contribution in [0.25, 0.3) is 16.8 Å². The second-order valence-electron chi connectivity index (χ2n) is 19.4. The van der Waals surface area contributed by atoms with Crippen LogP contribution in [0.1, 0.15) is 118 Å². The number of aliphatic hydroxyl groups is 1. The molecule has 5 aliphatic rings. The van der Waals surface area contributed by atoms with Crippen molar-refractivity contribution >= 4 is 5.97 Å². The van der Waals surface area contributed by atoms with Crippen LogP contribution in [0.15, 0.2) is 72.4 Å². The van der Waals surface area contributed by atoms with Crippen LogP contribution >= 0.6 is 0 Å². The third kappa shape index (κ3) is 5.23. The van der Waals surface area contributed by atoms with Gasteiger partial charge in [-0.15, -0.1) is 5.10 Å². The Labute approximate surface area is 305 Å². The van der Waals surface area contributed by atoms with Gasteiger partial charge in [0.25, 0.3) is 0 Å². The van der Waals surface area contributed by atoms with E-state index in [1.54, 1.807) is 10.3 Å². The van der Waals surface area contributed by atoms with Crippen LogP contribution in [-0.2, 0) is 16.1 Å². The highest BCUT2D eigenvalue weighted by Crippen LogP contribution is 2.75. The van der Waals surface area contributed by atoms with Crippen LogP contribution < -0.4 is 0 Å². The molecule has 0 saturated heterocycles. The number of benzene rings is 2. The number of carbonyl (C=O) groups is 1. The molecular weight excluding hydrogens is 631 g/mol. The van der Waals surface area contributed by atoms with Gasteiger partial charge >= 0.3 is 5.97 Å². The number of hydrogen-bond acceptors (Lipinski definition) is 5. The lowest BCUT2D eigenvalue weighted by Gasteiger charge is -2.71. The maximum Gasteiger partial charge on any atom is 0.313 e. The first-order valence-corrected chi connectivity index (χ1v) is 19.8. The molecule has 0 radical (unpaired) electrons. The molecule has 6 heteroatoms. The van der Waals surface area contributed by atoms with Crippen LogP contribution in [0.3, 0.4) is 0 Å². The van der Waals surface area contributed by atoms with Gasteiger partial charge in [-0.25, -0.2) is 4.68 Å². The molecule has 2 aromatic carbocycles. The van der Waals surface area contributed by atoms with Gasteiger partial charge in [-0.3, -0.25) is 4.79 Å². The molecular formula is C45H59N3O3. The lowest BCUT2D eigenvalue weighted by Crippen LogP contribution is -2.65. The SMILES string of the molecule is CC1(C)CC[C@]2(C(=O)OCc3cn(-c4ccc(-c5ccccc5)cc4)nn3)CC[C@]3(C)C(=CC[C@@H]4[C@@]5(C)CC[C@H](O)C(C)(C)[C@@H]5CC[C@]43C)[C@@H]2C1. The first kappa shape index (κ1) is 34.8. The number of ether oxygens (including phenoxy) is 1. The average Bonchev–Trinajstić information content (AvgIpc) is 3.59. The van der Waals surface area contributed by atoms with Crippen LogP contribution in [0.2, 0.25) is 0 Å². The van der Waals surface area contributed by atoms with Crippen molar-refractivity contribution in [2.75, 3.05) is 0 Å². The number of esters is 1. The lowest BCUT2D eigenvalue weighted by atomic mass is 9.33. The molecule has 6 nitrogen and oxygen atoms in total. The van der Waals surface area contributed by atoms with Crippen molar-refractivity contribution in [3.8, 4) is 16.8 Å². The molecule has 1 aromatic heterocycles. The number of rotatable bonds is 5. The molecule has 1 N–H and O–H groups in total. The lowest BCUT2D eigenvalue weighted by molar-refractivity contribution is -0.206. The Bertz CT molecular complexity index is 1830. The number of nitrogens with zero attached hydrogens (tertiary/aromatic N) is 3. The van der Waals surface area contributed by atoms with Crippen molar-refractivity contribution in [3.05, 3.63) is 78.1 Å². The summed E-state index contributed by atoms with van der Waals surface area (Å²) in [7, 11) is 0. The Kier molecular flexibility index (Phi) is 8.11. The third-order valence-electron chi connectivity index (χ3n) is 16.2. The van der Waals surface area contributed by atoms with Crippen molar-refractivity contribution in [1.82, 2.24) is 15.0 Å². The second kappa shape index (κ2) is 11.9. The van der Waals surface area contributed by atoms with Gasteiger partial charge in [0, 0.05) is 0 Å². The Balaban J connectivity index is 1.04. The normalized spacial score (nSPS) is 37.9. The molecule has 0 unspecified atom stereocenters. The van der Waals surface area contributed by atoms with E-state index in [1.165, 1.54) is 18.4 Å². The predicted octanol–water partition coefficient (Wildman–Crippen LogP) is 10.1. The highest BCUT2D eigenvalue weighted by molar-refractivity contribution is 5.79. The third-order valence-corrected chi connectivity index (χ3v) is 16.2. The zero-order valence-electron chi connectivity index (χ0n) is 32.0. The Morgan fingerprint density at radius 2 is 1.55 bits per heavy atom. The topological polar surface area (TPSA) is 77.2 Å². The highest BCUT2D eigenvalue weighted by Gasteiger charge is 2.69. The number of allylic oxidation sites excluding steroid dienone is 2. The number of hydrogen-bond donors (Lipinski definition) is 1. The van der Waals surface area contributed by atoms with Gasteiger partial charge in [-0.05, 0) is 132 Å². The van der Waals surface area contributed by atoms with E-state index in [9.17, 15) is 9.90 Å². The van der Waals surface area contributed by atoms with Crippen LogP contribution in [0, 0.1) is 50.2 Å². The maximum atomic E-state index is 14.5. The Morgan fingerprint density at radius 3 is 2.29 bits per heavy atom. The van der Waals surface area contributed by atoms with Gasteiger partial charge in [0.2, 0.25) is 0 Å². The monoisotopic (exact) mass is 689 g/mol. The molecule has 0 aliphatic heterocycles. The summed E-state index contributed by atoms with van der Waals surface area (Å²) in [6.45, 7) is 17.3. The van der Waals surface area contributed by atoms with Crippen molar-refractivity contribution in [2.24, 2.45) is 50.2 Å². The second-order valence-corrected chi connectivity index (χ2v) is 19.4. The summed E-state index contributed by atoms with van der Waals surface area (Å²) in [5.74, 6) is 1.26. The van der Waals surface area contributed by atoms with E-state index in [1.807, 2.05) is 36.5 Å². The molecule has 4 saturated carbocycles. The summed E-state index contributed by atoms with van der Waals surface area (Å²) in [5.41, 5.74) is 5.51. The van der Waals surface area contributed by atoms with Gasteiger partial charge in [0.1, 0.15) is 12.3 Å². The minimum atomic E-state index is -0.495. The molecule has 0 bridgehead atoms. The van der Waals surface area contributed by atoms with E-state index >= 15 is 0 Å². The molecule has 272 valence electrons. The molecule has 5 aliphatic carbocycles. The molecule has 8 atom stereocenters.